The Balaban J connectivity index is 2.17. The molecule has 0 heterocycles. The Kier molecular flexibility index (Phi) is 2.82. The number of carbonyl (C=O) groups is 1. The van der Waals surface area contributed by atoms with Gasteiger partial charge in [0.15, 0.2) is 0 Å². The van der Waals surface area contributed by atoms with E-state index in [1.165, 1.54) is 11.1 Å². The van der Waals surface area contributed by atoms with Crippen molar-refractivity contribution < 1.29 is 4.79 Å². The van der Waals surface area contributed by atoms with Crippen molar-refractivity contribution in [3.05, 3.63) is 59.2 Å². The second kappa shape index (κ2) is 4.26. The summed E-state index contributed by atoms with van der Waals surface area (Å²) in [5.41, 5.74) is 3.35. The lowest BCUT2D eigenvalue weighted by Gasteiger charge is -2.15. The van der Waals surface area contributed by atoms with Crippen LogP contribution in [0, 0.1) is 0 Å². The van der Waals surface area contributed by atoms with Gasteiger partial charge in [-0.3, -0.25) is 4.79 Å². The van der Waals surface area contributed by atoms with Crippen LogP contribution in [0.3, 0.4) is 0 Å². The van der Waals surface area contributed by atoms with E-state index in [-0.39, 0.29) is 0 Å². The van der Waals surface area contributed by atoms with Gasteiger partial charge in [0.05, 0.1) is 0 Å². The van der Waals surface area contributed by atoms with Crippen LogP contribution in [0.15, 0.2) is 48.1 Å². The first-order valence-electron chi connectivity index (χ1n) is 5.19. The Morgan fingerprint density at radius 1 is 1.27 bits per heavy atom. The van der Waals surface area contributed by atoms with Crippen molar-refractivity contribution in [3.63, 3.8) is 0 Å². The summed E-state index contributed by atoms with van der Waals surface area (Å²) in [4.78, 5) is 10.5. The van der Waals surface area contributed by atoms with Crippen molar-refractivity contribution in [1.29, 1.82) is 0 Å². The Hall–Kier alpha value is -1.63. The van der Waals surface area contributed by atoms with Gasteiger partial charge < -0.3 is 0 Å². The van der Waals surface area contributed by atoms with Crippen LogP contribution in [0.4, 0.5) is 0 Å². The highest BCUT2D eigenvalue weighted by molar-refractivity contribution is 5.74. The van der Waals surface area contributed by atoms with Gasteiger partial charge in [-0.15, -0.1) is 0 Å². The molecule has 0 saturated heterocycles. The van der Waals surface area contributed by atoms with Gasteiger partial charge in [-0.05, 0) is 18.9 Å². The number of aldehydes is 1. The number of allylic oxidation sites excluding steroid dienone is 4. The van der Waals surface area contributed by atoms with E-state index in [9.17, 15) is 4.79 Å². The molecule has 1 aromatic rings. The number of benzene rings is 1. The van der Waals surface area contributed by atoms with Crippen LogP contribution >= 0.6 is 0 Å². The monoisotopic (exact) mass is 198 g/mol. The number of hydrogen-bond donors (Lipinski definition) is 0. The minimum Gasteiger partial charge on any atom is -0.298 e. The number of hydrogen-bond acceptors (Lipinski definition) is 1. The van der Waals surface area contributed by atoms with E-state index in [4.69, 9.17) is 0 Å². The summed E-state index contributed by atoms with van der Waals surface area (Å²) in [5.74, 6) is 0.467. The molecule has 76 valence electrons. The van der Waals surface area contributed by atoms with Crippen LogP contribution in [0.5, 0.6) is 0 Å². The first kappa shape index (κ1) is 9.91. The molecule has 0 bridgehead atoms. The molecule has 0 fully saturated rings. The number of rotatable bonds is 2. The highest BCUT2D eigenvalue weighted by Gasteiger charge is 2.09. The fourth-order valence-corrected chi connectivity index (χ4v) is 1.80. The Labute approximate surface area is 90.1 Å². The van der Waals surface area contributed by atoms with Crippen LogP contribution in [0.2, 0.25) is 0 Å². The lowest BCUT2D eigenvalue weighted by molar-refractivity contribution is 0.112. The van der Waals surface area contributed by atoms with Crippen molar-refractivity contribution in [3.8, 4) is 0 Å². The predicted octanol–water partition coefficient (Wildman–Crippen LogP) is 3.49. The molecule has 1 unspecified atom stereocenters. The lowest BCUT2D eigenvalue weighted by Crippen LogP contribution is -1.97. The smallest absolute Gasteiger partial charge is 0.150 e. The third-order valence-electron chi connectivity index (χ3n) is 2.79. The van der Waals surface area contributed by atoms with Gasteiger partial charge in [0.1, 0.15) is 6.29 Å². The van der Waals surface area contributed by atoms with Gasteiger partial charge in [-0.2, -0.15) is 0 Å². The SMILES string of the molecule is CC1=CCC(c2ccc(C=O)cc2)C=C1. The van der Waals surface area contributed by atoms with Crippen LogP contribution in [0.1, 0.15) is 35.2 Å². The summed E-state index contributed by atoms with van der Waals surface area (Å²) >= 11 is 0. The summed E-state index contributed by atoms with van der Waals surface area (Å²) in [5, 5.41) is 0. The normalized spacial score (nSPS) is 19.8. The van der Waals surface area contributed by atoms with Gasteiger partial charge in [0.25, 0.3) is 0 Å². The maximum Gasteiger partial charge on any atom is 0.150 e. The summed E-state index contributed by atoms with van der Waals surface area (Å²) < 4.78 is 0. The van der Waals surface area contributed by atoms with Crippen LogP contribution in [-0.4, -0.2) is 6.29 Å². The largest absolute Gasteiger partial charge is 0.298 e. The molecule has 15 heavy (non-hydrogen) atoms. The third-order valence-corrected chi connectivity index (χ3v) is 2.79. The molecule has 0 N–H and O–H groups in total. The highest BCUT2D eigenvalue weighted by atomic mass is 16.1. The van der Waals surface area contributed by atoms with Gasteiger partial charge in [-0.25, -0.2) is 0 Å². The molecule has 0 aromatic heterocycles. The minimum absolute atomic E-state index is 0.467. The van der Waals surface area contributed by atoms with Gasteiger partial charge in [-0.1, -0.05) is 48.1 Å². The van der Waals surface area contributed by atoms with Crippen molar-refractivity contribution >= 4 is 6.29 Å². The molecule has 1 heteroatoms. The molecule has 0 aliphatic heterocycles. The van der Waals surface area contributed by atoms with Crippen LogP contribution < -0.4 is 0 Å². The molecular formula is C14H14O. The third kappa shape index (κ3) is 2.24. The first-order chi connectivity index (χ1) is 7.29. The summed E-state index contributed by atoms with van der Waals surface area (Å²) in [6.07, 6.45) is 8.57. The van der Waals surface area contributed by atoms with E-state index in [2.05, 4.69) is 25.2 Å². The van der Waals surface area contributed by atoms with Crippen LogP contribution in [-0.2, 0) is 0 Å². The molecule has 1 atom stereocenters. The molecule has 1 aliphatic rings. The second-order valence-electron chi connectivity index (χ2n) is 3.93. The van der Waals surface area contributed by atoms with Crippen LogP contribution in [0.25, 0.3) is 0 Å². The lowest BCUT2D eigenvalue weighted by atomic mass is 9.90. The first-order valence-corrected chi connectivity index (χ1v) is 5.19. The fraction of sp³-hybridized carbons (Fsp3) is 0.214. The van der Waals surface area contributed by atoms with Crippen molar-refractivity contribution in [2.24, 2.45) is 0 Å². The maximum atomic E-state index is 10.5. The molecule has 0 radical (unpaired) electrons. The maximum absolute atomic E-state index is 10.5. The molecule has 1 nitrogen and oxygen atoms in total. The Bertz CT molecular complexity index is 409. The van der Waals surface area contributed by atoms with E-state index in [0.717, 1.165) is 18.3 Å². The van der Waals surface area contributed by atoms with Crippen molar-refractivity contribution in [1.82, 2.24) is 0 Å². The van der Waals surface area contributed by atoms with E-state index < -0.39 is 0 Å². The van der Waals surface area contributed by atoms with E-state index in [0.29, 0.717) is 5.92 Å². The standard InChI is InChI=1S/C14H14O/c1-11-2-6-13(7-3-11)14-8-4-12(10-15)5-9-14/h2-6,8-10,13H,7H2,1H3. The molecule has 1 aromatic carbocycles. The zero-order valence-corrected chi connectivity index (χ0v) is 8.81. The second-order valence-corrected chi connectivity index (χ2v) is 3.93. The summed E-state index contributed by atoms with van der Waals surface area (Å²) in [7, 11) is 0. The van der Waals surface area contributed by atoms with Gasteiger partial charge in [0, 0.05) is 11.5 Å². The molecule has 2 rings (SSSR count). The highest BCUT2D eigenvalue weighted by Crippen LogP contribution is 2.26. The molecule has 1 aliphatic carbocycles. The van der Waals surface area contributed by atoms with Gasteiger partial charge >= 0.3 is 0 Å². The zero-order chi connectivity index (χ0) is 10.7. The average molecular weight is 198 g/mol. The zero-order valence-electron chi connectivity index (χ0n) is 8.81. The quantitative estimate of drug-likeness (QED) is 0.665. The van der Waals surface area contributed by atoms with Crippen molar-refractivity contribution in [2.45, 2.75) is 19.3 Å². The van der Waals surface area contributed by atoms with E-state index in [1.807, 2.05) is 24.3 Å². The summed E-state index contributed by atoms with van der Waals surface area (Å²) in [6, 6.07) is 7.82. The number of carbonyl (C=O) groups excluding carboxylic acids is 1. The molecule has 0 saturated carbocycles. The minimum atomic E-state index is 0.467. The van der Waals surface area contributed by atoms with Gasteiger partial charge in [0.2, 0.25) is 0 Å². The molecule has 0 amide bonds. The predicted molar refractivity (Wildman–Crippen MR) is 62.1 cm³/mol. The summed E-state index contributed by atoms with van der Waals surface area (Å²) in [6.45, 7) is 2.11. The Morgan fingerprint density at radius 3 is 2.53 bits per heavy atom. The molecule has 0 spiro atoms. The topological polar surface area (TPSA) is 17.1 Å². The Morgan fingerprint density at radius 2 is 2.00 bits per heavy atom. The average Bonchev–Trinajstić information content (AvgIpc) is 2.30. The van der Waals surface area contributed by atoms with E-state index in [1.54, 1.807) is 0 Å². The van der Waals surface area contributed by atoms with E-state index >= 15 is 0 Å². The fourth-order valence-electron chi connectivity index (χ4n) is 1.80. The van der Waals surface area contributed by atoms with Crippen molar-refractivity contribution in [2.75, 3.05) is 0 Å². The molecular weight excluding hydrogens is 184 g/mol.